The molecule has 0 aromatic heterocycles. The molecule has 1 aliphatic rings. The van der Waals surface area contributed by atoms with E-state index in [4.69, 9.17) is 0 Å². The Labute approximate surface area is 144 Å². The Kier molecular flexibility index (Phi) is 4.14. The summed E-state index contributed by atoms with van der Waals surface area (Å²) in [6.45, 7) is 0. The smallest absolute Gasteiger partial charge is 0.0923 e. The van der Waals surface area contributed by atoms with Crippen molar-refractivity contribution >= 4 is 34.1 Å². The molecular formula is C20H15NS2. The average Bonchev–Trinajstić information content (AvgIpc) is 3.05. The molecule has 3 heteroatoms. The minimum atomic E-state index is 1.19. The van der Waals surface area contributed by atoms with Gasteiger partial charge >= 0.3 is 0 Å². The maximum atomic E-state index is 3.58. The van der Waals surface area contributed by atoms with Crippen molar-refractivity contribution in [3.63, 3.8) is 0 Å². The molecule has 3 aromatic carbocycles. The summed E-state index contributed by atoms with van der Waals surface area (Å²) in [4.78, 5) is 3.79. The first-order valence-electron chi connectivity index (χ1n) is 7.47. The number of fused-ring (bicyclic) bond motifs is 1. The van der Waals surface area contributed by atoms with Gasteiger partial charge in [0.05, 0.1) is 10.7 Å². The van der Waals surface area contributed by atoms with Crippen LogP contribution in [0.15, 0.2) is 99.7 Å². The number of anilines is 1. The van der Waals surface area contributed by atoms with Crippen LogP contribution in [0.2, 0.25) is 0 Å². The summed E-state index contributed by atoms with van der Waals surface area (Å²) in [7, 11) is 0. The lowest BCUT2D eigenvalue weighted by molar-refractivity contribution is 1.46. The van der Waals surface area contributed by atoms with Crippen LogP contribution in [0.5, 0.6) is 0 Å². The SMILES string of the molecule is c1ccc(S/C(=C2/Nc3ccccc3S2)c2ccccc2)cc1. The molecule has 0 unspecified atom stereocenters. The molecule has 1 aliphatic heterocycles. The number of nitrogens with one attached hydrogen (secondary N) is 1. The third-order valence-electron chi connectivity index (χ3n) is 3.55. The monoisotopic (exact) mass is 333 g/mol. The van der Waals surface area contributed by atoms with Crippen molar-refractivity contribution in [1.29, 1.82) is 0 Å². The van der Waals surface area contributed by atoms with E-state index in [1.807, 2.05) is 0 Å². The molecule has 1 N–H and O–H groups in total. The quantitative estimate of drug-likeness (QED) is 0.563. The highest BCUT2D eigenvalue weighted by Gasteiger charge is 2.20. The van der Waals surface area contributed by atoms with Crippen LogP contribution < -0.4 is 5.32 Å². The number of para-hydroxylation sites is 1. The largest absolute Gasteiger partial charge is 0.348 e. The van der Waals surface area contributed by atoms with Gasteiger partial charge in [0.2, 0.25) is 0 Å². The van der Waals surface area contributed by atoms with Crippen molar-refractivity contribution < 1.29 is 0 Å². The van der Waals surface area contributed by atoms with Gasteiger partial charge in [0, 0.05) is 14.7 Å². The summed E-state index contributed by atoms with van der Waals surface area (Å²) in [6.07, 6.45) is 0. The fraction of sp³-hybridized carbons (Fsp3) is 0. The minimum Gasteiger partial charge on any atom is -0.348 e. The van der Waals surface area contributed by atoms with Crippen LogP contribution in [0.3, 0.4) is 0 Å². The average molecular weight is 333 g/mol. The Morgan fingerprint density at radius 1 is 0.739 bits per heavy atom. The first-order valence-corrected chi connectivity index (χ1v) is 9.10. The summed E-state index contributed by atoms with van der Waals surface area (Å²) in [5, 5.41) is 4.78. The predicted octanol–water partition coefficient (Wildman–Crippen LogP) is 6.32. The molecule has 4 rings (SSSR count). The molecule has 0 bridgehead atoms. The molecule has 0 atom stereocenters. The normalized spacial score (nSPS) is 15.0. The molecule has 0 aliphatic carbocycles. The number of hydrogen-bond acceptors (Lipinski definition) is 3. The lowest BCUT2D eigenvalue weighted by atomic mass is 10.2. The second kappa shape index (κ2) is 6.57. The zero-order valence-corrected chi connectivity index (χ0v) is 14.0. The molecule has 0 saturated heterocycles. The van der Waals surface area contributed by atoms with E-state index in [1.165, 1.54) is 31.0 Å². The van der Waals surface area contributed by atoms with Crippen LogP contribution >= 0.6 is 23.5 Å². The van der Waals surface area contributed by atoms with Gasteiger partial charge in [-0.05, 0) is 29.8 Å². The van der Waals surface area contributed by atoms with E-state index in [-0.39, 0.29) is 0 Å². The molecule has 0 saturated carbocycles. The number of hydrogen-bond donors (Lipinski definition) is 1. The molecule has 3 aromatic rings. The fourth-order valence-corrected chi connectivity index (χ4v) is 4.60. The topological polar surface area (TPSA) is 12.0 Å². The second-order valence-corrected chi connectivity index (χ2v) is 7.30. The van der Waals surface area contributed by atoms with Crippen molar-refractivity contribution in [2.24, 2.45) is 0 Å². The molecule has 0 fully saturated rings. The van der Waals surface area contributed by atoms with Crippen molar-refractivity contribution in [2.45, 2.75) is 9.79 Å². The van der Waals surface area contributed by atoms with Gasteiger partial charge in [-0.2, -0.15) is 0 Å². The maximum Gasteiger partial charge on any atom is 0.0923 e. The number of rotatable bonds is 3. The van der Waals surface area contributed by atoms with Crippen LogP contribution in [0.25, 0.3) is 4.91 Å². The van der Waals surface area contributed by atoms with E-state index in [2.05, 4.69) is 90.2 Å². The Balaban J connectivity index is 1.76. The zero-order chi connectivity index (χ0) is 15.5. The highest BCUT2D eigenvalue weighted by molar-refractivity contribution is 8.11. The third-order valence-corrected chi connectivity index (χ3v) is 5.92. The van der Waals surface area contributed by atoms with Gasteiger partial charge in [-0.3, -0.25) is 0 Å². The molecule has 112 valence electrons. The van der Waals surface area contributed by atoms with E-state index < -0.39 is 0 Å². The maximum absolute atomic E-state index is 3.58. The summed E-state index contributed by atoms with van der Waals surface area (Å²) >= 11 is 3.61. The number of benzene rings is 3. The van der Waals surface area contributed by atoms with Gasteiger partial charge in [-0.25, -0.2) is 0 Å². The third kappa shape index (κ3) is 3.16. The van der Waals surface area contributed by atoms with Gasteiger partial charge in [0.25, 0.3) is 0 Å². The van der Waals surface area contributed by atoms with Gasteiger partial charge < -0.3 is 5.32 Å². The van der Waals surface area contributed by atoms with E-state index in [0.29, 0.717) is 0 Å². The lowest BCUT2D eigenvalue weighted by Gasteiger charge is -2.11. The van der Waals surface area contributed by atoms with Crippen LogP contribution in [-0.4, -0.2) is 0 Å². The zero-order valence-electron chi connectivity index (χ0n) is 12.4. The van der Waals surface area contributed by atoms with Gasteiger partial charge in [0.1, 0.15) is 0 Å². The standard InChI is InChI=1S/C20H15NS2/c1-3-9-15(10-4-1)19(22-16-11-5-2-6-12-16)20-21-17-13-7-8-14-18(17)23-20/h1-14,21H/b20-19-. The molecule has 1 heterocycles. The highest BCUT2D eigenvalue weighted by atomic mass is 32.2. The van der Waals surface area contributed by atoms with Gasteiger partial charge in [-0.15, -0.1) is 0 Å². The van der Waals surface area contributed by atoms with Gasteiger partial charge in [0.15, 0.2) is 0 Å². The van der Waals surface area contributed by atoms with Crippen molar-refractivity contribution in [3.05, 3.63) is 95.5 Å². The van der Waals surface area contributed by atoms with Crippen molar-refractivity contribution in [3.8, 4) is 0 Å². The van der Waals surface area contributed by atoms with E-state index in [9.17, 15) is 0 Å². The van der Waals surface area contributed by atoms with Crippen molar-refractivity contribution in [1.82, 2.24) is 0 Å². The van der Waals surface area contributed by atoms with Crippen LogP contribution in [-0.2, 0) is 0 Å². The summed E-state index contributed by atoms with van der Waals surface area (Å²) in [5.74, 6) is 0. The van der Waals surface area contributed by atoms with E-state index in [0.717, 1.165) is 0 Å². The first-order chi connectivity index (χ1) is 11.4. The van der Waals surface area contributed by atoms with Crippen LogP contribution in [0, 0.1) is 0 Å². The highest BCUT2D eigenvalue weighted by Crippen LogP contribution is 2.48. The Morgan fingerprint density at radius 2 is 1.39 bits per heavy atom. The van der Waals surface area contributed by atoms with Crippen LogP contribution in [0.4, 0.5) is 5.69 Å². The molecule has 0 radical (unpaired) electrons. The Hall–Kier alpha value is -2.10. The molecular weight excluding hydrogens is 318 g/mol. The lowest BCUT2D eigenvalue weighted by Crippen LogP contribution is -1.93. The van der Waals surface area contributed by atoms with E-state index in [1.54, 1.807) is 23.5 Å². The Morgan fingerprint density at radius 3 is 2.13 bits per heavy atom. The summed E-state index contributed by atoms with van der Waals surface area (Å²) in [5.41, 5.74) is 2.43. The molecule has 23 heavy (non-hydrogen) atoms. The summed E-state index contributed by atoms with van der Waals surface area (Å²) in [6, 6.07) is 29.6. The molecule has 0 amide bonds. The number of thioether (sulfide) groups is 2. The first kappa shape index (κ1) is 14.5. The molecule has 1 nitrogen and oxygen atoms in total. The van der Waals surface area contributed by atoms with Gasteiger partial charge in [-0.1, -0.05) is 84.2 Å². The predicted molar refractivity (Wildman–Crippen MR) is 102 cm³/mol. The van der Waals surface area contributed by atoms with E-state index >= 15 is 0 Å². The summed E-state index contributed by atoms with van der Waals surface area (Å²) < 4.78 is 0. The second-order valence-electron chi connectivity index (χ2n) is 5.16. The van der Waals surface area contributed by atoms with Crippen LogP contribution in [0.1, 0.15) is 5.56 Å². The van der Waals surface area contributed by atoms with Crippen molar-refractivity contribution in [2.75, 3.05) is 5.32 Å². The minimum absolute atomic E-state index is 1.19. The Bertz CT molecular complexity index is 815. The molecule has 0 spiro atoms. The fourth-order valence-electron chi connectivity index (χ4n) is 2.45.